The summed E-state index contributed by atoms with van der Waals surface area (Å²) in [7, 11) is 0. The summed E-state index contributed by atoms with van der Waals surface area (Å²) in [6.45, 7) is 1.64. The first-order valence-corrected chi connectivity index (χ1v) is 9.71. The van der Waals surface area contributed by atoms with Gasteiger partial charge < -0.3 is 15.4 Å². The third-order valence-electron chi connectivity index (χ3n) is 3.96. The Balaban J connectivity index is 1.36. The lowest BCUT2D eigenvalue weighted by Gasteiger charge is -2.10. The van der Waals surface area contributed by atoms with E-state index in [1.54, 1.807) is 0 Å². The molecule has 1 aliphatic carbocycles. The second kappa shape index (κ2) is 8.12. The molecule has 1 amide bonds. The van der Waals surface area contributed by atoms with Crippen LogP contribution in [0.3, 0.4) is 0 Å². The van der Waals surface area contributed by atoms with Crippen LogP contribution in [0.2, 0.25) is 0 Å². The number of thioether (sulfide) groups is 1. The Morgan fingerprint density at radius 1 is 1.27 bits per heavy atom. The van der Waals surface area contributed by atoms with E-state index in [-0.39, 0.29) is 12.0 Å². The summed E-state index contributed by atoms with van der Waals surface area (Å²) in [6, 6.07) is 0.381. The van der Waals surface area contributed by atoms with Crippen LogP contribution < -0.4 is 10.6 Å². The van der Waals surface area contributed by atoms with Crippen LogP contribution in [0.1, 0.15) is 38.5 Å². The van der Waals surface area contributed by atoms with Crippen molar-refractivity contribution in [2.75, 3.05) is 24.2 Å². The highest BCUT2D eigenvalue weighted by molar-refractivity contribution is 8.01. The van der Waals surface area contributed by atoms with Crippen LogP contribution in [0.4, 0.5) is 5.13 Å². The van der Waals surface area contributed by atoms with Crippen LogP contribution in [0.5, 0.6) is 0 Å². The normalized spacial score (nSPS) is 22.1. The molecule has 1 unspecified atom stereocenters. The molecule has 1 aliphatic heterocycles. The highest BCUT2D eigenvalue weighted by Crippen LogP contribution is 2.26. The van der Waals surface area contributed by atoms with Gasteiger partial charge in [0.15, 0.2) is 4.34 Å². The summed E-state index contributed by atoms with van der Waals surface area (Å²) in [6.07, 6.45) is 7.23. The monoisotopic (exact) mass is 342 g/mol. The molecule has 2 aliphatic rings. The smallest absolute Gasteiger partial charge is 0.230 e. The molecule has 22 heavy (non-hydrogen) atoms. The van der Waals surface area contributed by atoms with Gasteiger partial charge in [0.05, 0.1) is 11.9 Å². The molecule has 122 valence electrons. The van der Waals surface area contributed by atoms with Crippen molar-refractivity contribution in [3.8, 4) is 0 Å². The van der Waals surface area contributed by atoms with Crippen molar-refractivity contribution in [3.05, 3.63) is 0 Å². The maximum absolute atomic E-state index is 11.9. The van der Waals surface area contributed by atoms with Gasteiger partial charge in [-0.3, -0.25) is 4.79 Å². The predicted molar refractivity (Wildman–Crippen MR) is 88.5 cm³/mol. The molecule has 1 aromatic heterocycles. The maximum Gasteiger partial charge on any atom is 0.230 e. The molecule has 6 nitrogen and oxygen atoms in total. The van der Waals surface area contributed by atoms with Crippen molar-refractivity contribution in [1.29, 1.82) is 0 Å². The fourth-order valence-corrected chi connectivity index (χ4v) is 4.38. The molecular weight excluding hydrogens is 320 g/mol. The fraction of sp³-hybridized carbons (Fsp3) is 0.786. The van der Waals surface area contributed by atoms with Crippen molar-refractivity contribution in [2.24, 2.45) is 0 Å². The molecule has 2 fully saturated rings. The first kappa shape index (κ1) is 16.0. The van der Waals surface area contributed by atoms with Gasteiger partial charge in [-0.25, -0.2) is 0 Å². The lowest BCUT2D eigenvalue weighted by Crippen LogP contribution is -2.33. The lowest BCUT2D eigenvalue weighted by molar-refractivity contribution is -0.119. The van der Waals surface area contributed by atoms with E-state index >= 15 is 0 Å². The molecule has 2 heterocycles. The number of nitrogens with zero attached hydrogens (tertiary/aromatic N) is 2. The highest BCUT2D eigenvalue weighted by atomic mass is 32.2. The zero-order valence-corrected chi connectivity index (χ0v) is 14.2. The summed E-state index contributed by atoms with van der Waals surface area (Å²) < 4.78 is 6.39. The second-order valence-electron chi connectivity index (χ2n) is 5.73. The molecule has 1 atom stereocenters. The van der Waals surface area contributed by atoms with Crippen molar-refractivity contribution in [3.63, 3.8) is 0 Å². The Kier molecular flexibility index (Phi) is 5.91. The van der Waals surface area contributed by atoms with Crippen molar-refractivity contribution < 1.29 is 9.53 Å². The molecule has 2 N–H and O–H groups in total. The van der Waals surface area contributed by atoms with Crippen LogP contribution in [-0.2, 0) is 9.53 Å². The van der Waals surface area contributed by atoms with E-state index < -0.39 is 0 Å². The van der Waals surface area contributed by atoms with Crippen LogP contribution in [-0.4, -0.2) is 47.2 Å². The highest BCUT2D eigenvalue weighted by Gasteiger charge is 2.18. The van der Waals surface area contributed by atoms with Crippen LogP contribution >= 0.6 is 23.1 Å². The van der Waals surface area contributed by atoms with Gasteiger partial charge in [-0.05, 0) is 25.7 Å². The summed E-state index contributed by atoms with van der Waals surface area (Å²) >= 11 is 2.95. The number of hydrogen-bond acceptors (Lipinski definition) is 7. The molecule has 1 saturated heterocycles. The van der Waals surface area contributed by atoms with Gasteiger partial charge in [0.25, 0.3) is 0 Å². The molecule has 0 radical (unpaired) electrons. The largest absolute Gasteiger partial charge is 0.376 e. The number of carbonyl (C=O) groups is 1. The predicted octanol–water partition coefficient (Wildman–Crippen LogP) is 2.28. The molecule has 0 bridgehead atoms. The number of nitrogens with one attached hydrogen (secondary N) is 2. The van der Waals surface area contributed by atoms with E-state index in [0.717, 1.165) is 48.3 Å². The average Bonchev–Trinajstić information content (AvgIpc) is 3.25. The fourth-order valence-electron chi connectivity index (χ4n) is 2.81. The molecule has 1 aromatic rings. The van der Waals surface area contributed by atoms with E-state index in [4.69, 9.17) is 4.74 Å². The molecule has 0 spiro atoms. The van der Waals surface area contributed by atoms with Crippen LogP contribution in [0, 0.1) is 0 Å². The quantitative estimate of drug-likeness (QED) is 0.741. The molecule has 1 saturated carbocycles. The maximum atomic E-state index is 11.9. The number of rotatable bonds is 7. The third kappa shape index (κ3) is 4.82. The lowest BCUT2D eigenvalue weighted by atomic mass is 10.2. The van der Waals surface area contributed by atoms with Crippen LogP contribution in [0.25, 0.3) is 0 Å². The van der Waals surface area contributed by atoms with E-state index in [9.17, 15) is 4.79 Å². The Bertz CT molecular complexity index is 485. The summed E-state index contributed by atoms with van der Waals surface area (Å²) in [5.74, 6) is 0.512. The summed E-state index contributed by atoms with van der Waals surface area (Å²) in [4.78, 5) is 11.9. The minimum absolute atomic E-state index is 0.0981. The Morgan fingerprint density at radius 2 is 2.14 bits per heavy atom. The number of anilines is 1. The van der Waals surface area contributed by atoms with Gasteiger partial charge in [-0.15, -0.1) is 10.2 Å². The Labute approximate surface area is 138 Å². The van der Waals surface area contributed by atoms with E-state index in [1.807, 2.05) is 0 Å². The van der Waals surface area contributed by atoms with Gasteiger partial charge in [0.1, 0.15) is 0 Å². The Hall–Kier alpha value is -0.860. The van der Waals surface area contributed by atoms with E-state index in [0.29, 0.717) is 11.8 Å². The van der Waals surface area contributed by atoms with Gasteiger partial charge in [-0.2, -0.15) is 0 Å². The first-order valence-electron chi connectivity index (χ1n) is 7.91. The first-order chi connectivity index (χ1) is 10.8. The number of hydrogen-bond donors (Lipinski definition) is 2. The third-order valence-corrected chi connectivity index (χ3v) is 5.97. The molecule has 3 rings (SSSR count). The number of carbonyl (C=O) groups excluding carboxylic acids is 1. The molecular formula is C14H22N4O2S2. The zero-order chi connectivity index (χ0) is 15.2. The standard InChI is InChI=1S/C14H22N4O2S2/c19-12(16-10-4-1-2-5-10)9-21-14-18-17-13(22-14)15-8-11-6-3-7-20-11/h10-11H,1-9H2,(H,15,17)(H,16,19). The SMILES string of the molecule is O=C(CSc1nnc(NCC2CCCO2)s1)NC1CCCC1. The number of amides is 1. The van der Waals surface area contributed by atoms with Crippen LogP contribution in [0.15, 0.2) is 4.34 Å². The van der Waals surface area contributed by atoms with E-state index in [1.165, 1.54) is 35.9 Å². The van der Waals surface area contributed by atoms with E-state index in [2.05, 4.69) is 20.8 Å². The summed E-state index contributed by atoms with van der Waals surface area (Å²) in [5.41, 5.74) is 0. The minimum atomic E-state index is 0.0981. The zero-order valence-electron chi connectivity index (χ0n) is 12.5. The number of aromatic nitrogens is 2. The summed E-state index contributed by atoms with van der Waals surface area (Å²) in [5, 5.41) is 15.4. The van der Waals surface area contributed by atoms with Crippen molar-refractivity contribution in [1.82, 2.24) is 15.5 Å². The number of ether oxygens (including phenoxy) is 1. The molecule has 8 heteroatoms. The Morgan fingerprint density at radius 3 is 2.91 bits per heavy atom. The second-order valence-corrected chi connectivity index (χ2v) is 7.93. The average molecular weight is 342 g/mol. The molecule has 0 aromatic carbocycles. The van der Waals surface area contributed by atoms with Gasteiger partial charge in [-0.1, -0.05) is 35.9 Å². The topological polar surface area (TPSA) is 76.1 Å². The minimum Gasteiger partial charge on any atom is -0.376 e. The van der Waals surface area contributed by atoms with Crippen molar-refractivity contribution >= 4 is 34.1 Å². The van der Waals surface area contributed by atoms with Gasteiger partial charge >= 0.3 is 0 Å². The van der Waals surface area contributed by atoms with Gasteiger partial charge in [0, 0.05) is 19.2 Å². The van der Waals surface area contributed by atoms with Crippen molar-refractivity contribution in [2.45, 2.75) is 55.0 Å². The van der Waals surface area contributed by atoms with Gasteiger partial charge in [0.2, 0.25) is 11.0 Å².